The third kappa shape index (κ3) is 6.72. The first-order valence-corrected chi connectivity index (χ1v) is 11.6. The zero-order valence-electron chi connectivity index (χ0n) is 20.3. The molecule has 0 radical (unpaired) electrons. The molecule has 0 bridgehead atoms. The summed E-state index contributed by atoms with van der Waals surface area (Å²) in [6, 6.07) is 6.42. The maximum absolute atomic E-state index is 13.5. The number of nitrogens with zero attached hydrogens (tertiary/aromatic N) is 2. The lowest BCUT2D eigenvalue weighted by Crippen LogP contribution is -2.43. The van der Waals surface area contributed by atoms with E-state index in [1.54, 1.807) is 31.4 Å². The topological polar surface area (TPSA) is 140 Å². The molecule has 10 nitrogen and oxygen atoms in total. The molecule has 0 aliphatic rings. The lowest BCUT2D eigenvalue weighted by Gasteiger charge is -2.27. The Morgan fingerprint density at radius 3 is 2.35 bits per heavy atom. The Kier molecular flexibility index (Phi) is 9.91. The average molecular weight is 474 g/mol. The standard InChI is InChI=1S/C24H35N5O5/c1-5-7-13-28(21-22(25)29(14-8-6-2)24(33)27-23(21)32)20(31)15-19(26-16(3)30)17-9-11-18(34-4)12-10-17/h9-12,19H,5-8,13-15,25H2,1-4H3,(H,26,30)(H,27,32,33). The highest BCUT2D eigenvalue weighted by molar-refractivity contribution is 5.96. The molecule has 0 spiro atoms. The molecule has 2 aromatic rings. The first kappa shape index (κ1) is 26.7. The van der Waals surface area contributed by atoms with E-state index in [1.165, 1.54) is 16.4 Å². The van der Waals surface area contributed by atoms with Crippen molar-refractivity contribution in [2.24, 2.45) is 0 Å². The van der Waals surface area contributed by atoms with Crippen LogP contribution in [0.15, 0.2) is 33.9 Å². The number of nitrogen functional groups attached to an aromatic ring is 1. The van der Waals surface area contributed by atoms with Crippen molar-refractivity contribution in [3.8, 4) is 5.75 Å². The molecule has 1 unspecified atom stereocenters. The van der Waals surface area contributed by atoms with Crippen molar-refractivity contribution in [3.05, 3.63) is 50.7 Å². The number of amides is 2. The molecule has 10 heteroatoms. The van der Waals surface area contributed by atoms with Crippen LogP contribution in [0, 0.1) is 0 Å². The molecule has 0 aliphatic carbocycles. The number of hydrogen-bond donors (Lipinski definition) is 3. The van der Waals surface area contributed by atoms with Crippen molar-refractivity contribution in [2.45, 2.75) is 65.5 Å². The van der Waals surface area contributed by atoms with Gasteiger partial charge in [0.15, 0.2) is 5.69 Å². The number of hydrogen-bond acceptors (Lipinski definition) is 6. The van der Waals surface area contributed by atoms with Gasteiger partial charge >= 0.3 is 5.69 Å². The van der Waals surface area contributed by atoms with Crippen LogP contribution in [0.5, 0.6) is 5.75 Å². The van der Waals surface area contributed by atoms with Gasteiger partial charge in [0.2, 0.25) is 11.8 Å². The molecular weight excluding hydrogens is 438 g/mol. The number of aromatic amines is 1. The van der Waals surface area contributed by atoms with E-state index < -0.39 is 17.3 Å². The predicted octanol–water partition coefficient (Wildman–Crippen LogP) is 2.33. The molecular formula is C24H35N5O5. The van der Waals surface area contributed by atoms with Crippen LogP contribution in [0.25, 0.3) is 0 Å². The molecule has 2 amide bonds. The number of unbranched alkanes of at least 4 members (excludes halogenated alkanes) is 2. The van der Waals surface area contributed by atoms with Gasteiger partial charge in [-0.05, 0) is 30.5 Å². The van der Waals surface area contributed by atoms with Gasteiger partial charge < -0.3 is 20.7 Å². The summed E-state index contributed by atoms with van der Waals surface area (Å²) >= 11 is 0. The fraction of sp³-hybridized carbons (Fsp3) is 0.500. The number of anilines is 2. The zero-order chi connectivity index (χ0) is 25.3. The highest BCUT2D eigenvalue weighted by Gasteiger charge is 2.27. The van der Waals surface area contributed by atoms with Crippen LogP contribution in [0.4, 0.5) is 11.5 Å². The Labute approximate surface area is 199 Å². The number of methoxy groups -OCH3 is 1. The Morgan fingerprint density at radius 1 is 1.15 bits per heavy atom. The molecule has 2 rings (SSSR count). The average Bonchev–Trinajstić information content (AvgIpc) is 2.80. The van der Waals surface area contributed by atoms with E-state index in [4.69, 9.17) is 10.5 Å². The van der Waals surface area contributed by atoms with E-state index in [0.717, 1.165) is 18.4 Å². The highest BCUT2D eigenvalue weighted by atomic mass is 16.5. The van der Waals surface area contributed by atoms with Crippen molar-refractivity contribution in [3.63, 3.8) is 0 Å². The first-order valence-electron chi connectivity index (χ1n) is 11.6. The first-order chi connectivity index (χ1) is 16.2. The monoisotopic (exact) mass is 473 g/mol. The Bertz CT molecular complexity index is 1090. The lowest BCUT2D eigenvalue weighted by atomic mass is 10.0. The van der Waals surface area contributed by atoms with Crippen LogP contribution in [0.3, 0.4) is 0 Å². The molecule has 0 fully saturated rings. The SMILES string of the molecule is CCCCN(C(=O)CC(NC(C)=O)c1ccc(OC)cc1)c1c(N)n(CCCC)c(=O)[nH]c1=O. The molecule has 4 N–H and O–H groups in total. The molecule has 186 valence electrons. The number of rotatable bonds is 12. The maximum atomic E-state index is 13.5. The number of H-pyrrole nitrogens is 1. The quantitative estimate of drug-likeness (QED) is 0.432. The number of nitrogens with two attached hydrogens (primary N) is 1. The molecule has 34 heavy (non-hydrogen) atoms. The summed E-state index contributed by atoms with van der Waals surface area (Å²) in [7, 11) is 1.55. The highest BCUT2D eigenvalue weighted by Crippen LogP contribution is 2.24. The van der Waals surface area contributed by atoms with E-state index in [1.807, 2.05) is 13.8 Å². The van der Waals surface area contributed by atoms with Crippen molar-refractivity contribution < 1.29 is 14.3 Å². The summed E-state index contributed by atoms with van der Waals surface area (Å²) in [5, 5.41) is 2.80. The Balaban J connectivity index is 2.47. The van der Waals surface area contributed by atoms with Crippen molar-refractivity contribution in [2.75, 3.05) is 24.3 Å². The molecule has 1 aromatic carbocycles. The smallest absolute Gasteiger partial charge is 0.330 e. The Hall–Kier alpha value is -3.56. The van der Waals surface area contributed by atoms with Crippen molar-refractivity contribution in [1.29, 1.82) is 0 Å². The van der Waals surface area contributed by atoms with Crippen LogP contribution in [0.2, 0.25) is 0 Å². The number of benzene rings is 1. The molecule has 1 atom stereocenters. The second-order valence-corrected chi connectivity index (χ2v) is 8.13. The van der Waals surface area contributed by atoms with Crippen LogP contribution < -0.4 is 31.9 Å². The van der Waals surface area contributed by atoms with Gasteiger partial charge in [-0.3, -0.25) is 23.9 Å². The summed E-state index contributed by atoms with van der Waals surface area (Å²) in [4.78, 5) is 54.1. The fourth-order valence-corrected chi connectivity index (χ4v) is 3.67. The number of nitrogens with one attached hydrogen (secondary N) is 2. The predicted molar refractivity (Wildman–Crippen MR) is 132 cm³/mol. The largest absolute Gasteiger partial charge is 0.497 e. The summed E-state index contributed by atoms with van der Waals surface area (Å²) in [6.45, 7) is 5.91. The van der Waals surface area contributed by atoms with Crippen molar-refractivity contribution in [1.82, 2.24) is 14.9 Å². The third-order valence-corrected chi connectivity index (χ3v) is 5.53. The van der Waals surface area contributed by atoms with Gasteiger partial charge in [0.05, 0.1) is 19.6 Å². The van der Waals surface area contributed by atoms with Crippen LogP contribution in [0.1, 0.15) is 64.5 Å². The minimum atomic E-state index is -0.708. The Morgan fingerprint density at radius 2 is 1.79 bits per heavy atom. The minimum Gasteiger partial charge on any atom is -0.497 e. The van der Waals surface area contributed by atoms with Crippen LogP contribution in [-0.2, 0) is 16.1 Å². The number of carbonyl (C=O) groups excluding carboxylic acids is 2. The van der Waals surface area contributed by atoms with Gasteiger partial charge in [0.1, 0.15) is 11.6 Å². The summed E-state index contributed by atoms with van der Waals surface area (Å²) in [5.74, 6) is -0.0674. The summed E-state index contributed by atoms with van der Waals surface area (Å²) in [5.41, 5.74) is 5.63. The maximum Gasteiger partial charge on any atom is 0.330 e. The summed E-state index contributed by atoms with van der Waals surface area (Å²) < 4.78 is 6.48. The number of carbonyl (C=O) groups is 2. The minimum absolute atomic E-state index is 0.0350. The van der Waals surface area contributed by atoms with E-state index >= 15 is 0 Å². The number of ether oxygens (including phenoxy) is 1. The zero-order valence-corrected chi connectivity index (χ0v) is 20.3. The van der Waals surface area contributed by atoms with E-state index in [9.17, 15) is 19.2 Å². The second-order valence-electron chi connectivity index (χ2n) is 8.13. The van der Waals surface area contributed by atoms with Gasteiger partial charge in [-0.1, -0.05) is 38.8 Å². The van der Waals surface area contributed by atoms with Gasteiger partial charge in [-0.15, -0.1) is 0 Å². The normalized spacial score (nSPS) is 11.6. The number of aromatic nitrogens is 2. The van der Waals surface area contributed by atoms with Gasteiger partial charge in [-0.25, -0.2) is 4.79 Å². The molecule has 0 saturated heterocycles. The van der Waals surface area contributed by atoms with Gasteiger partial charge in [0.25, 0.3) is 5.56 Å². The van der Waals surface area contributed by atoms with Crippen LogP contribution in [-0.4, -0.2) is 35.0 Å². The van der Waals surface area contributed by atoms with Gasteiger partial charge in [-0.2, -0.15) is 0 Å². The van der Waals surface area contributed by atoms with E-state index in [0.29, 0.717) is 25.1 Å². The van der Waals surface area contributed by atoms with Gasteiger partial charge in [0, 0.05) is 20.0 Å². The molecule has 0 saturated carbocycles. The van der Waals surface area contributed by atoms with Crippen LogP contribution >= 0.6 is 0 Å². The van der Waals surface area contributed by atoms with E-state index in [-0.39, 0.29) is 36.3 Å². The lowest BCUT2D eigenvalue weighted by molar-refractivity contribution is -0.121. The molecule has 0 aliphatic heterocycles. The van der Waals surface area contributed by atoms with E-state index in [2.05, 4.69) is 10.3 Å². The molecule has 1 aromatic heterocycles. The second kappa shape index (κ2) is 12.6. The summed E-state index contributed by atoms with van der Waals surface area (Å²) in [6.07, 6.45) is 2.85. The fourth-order valence-electron chi connectivity index (χ4n) is 3.67. The third-order valence-electron chi connectivity index (χ3n) is 5.53. The molecule has 1 heterocycles. The van der Waals surface area contributed by atoms with Crippen molar-refractivity contribution >= 4 is 23.3 Å².